The Morgan fingerprint density at radius 3 is 2.05 bits per heavy atom. The molecule has 0 aliphatic carbocycles. The van der Waals surface area contributed by atoms with E-state index in [1.54, 1.807) is 12.1 Å². The number of nitrogens with one attached hydrogen (secondary N) is 1. The maximum absolute atomic E-state index is 13.1. The van der Waals surface area contributed by atoms with Crippen LogP contribution in [0.5, 0.6) is 0 Å². The molecular formula is C27H25ClF6N4O2. The summed E-state index contributed by atoms with van der Waals surface area (Å²) in [6.45, 7) is 4.39. The van der Waals surface area contributed by atoms with Gasteiger partial charge in [0.1, 0.15) is 11.5 Å². The first-order valence-corrected chi connectivity index (χ1v) is 12.9. The van der Waals surface area contributed by atoms with Crippen LogP contribution in [-0.2, 0) is 18.9 Å². The van der Waals surface area contributed by atoms with Crippen molar-refractivity contribution in [3.8, 4) is 11.3 Å². The van der Waals surface area contributed by atoms with Crippen molar-refractivity contribution in [3.05, 3.63) is 76.5 Å². The molecule has 1 aromatic heterocycles. The molecule has 13 heteroatoms. The van der Waals surface area contributed by atoms with Crippen LogP contribution in [0.2, 0.25) is 5.02 Å². The number of amides is 2. The first-order chi connectivity index (χ1) is 18.8. The van der Waals surface area contributed by atoms with Gasteiger partial charge in [0.15, 0.2) is 0 Å². The minimum Gasteiger partial charge on any atom is -0.460 e. The summed E-state index contributed by atoms with van der Waals surface area (Å²) in [5, 5.41) is 2.84. The zero-order valence-electron chi connectivity index (χ0n) is 21.0. The van der Waals surface area contributed by atoms with Crippen LogP contribution in [0.3, 0.4) is 0 Å². The van der Waals surface area contributed by atoms with Gasteiger partial charge in [-0.15, -0.1) is 0 Å². The summed E-state index contributed by atoms with van der Waals surface area (Å²) in [5.74, 6) is 1.60. The minimum atomic E-state index is -4.99. The van der Waals surface area contributed by atoms with Gasteiger partial charge in [-0.25, -0.2) is 4.79 Å². The van der Waals surface area contributed by atoms with Gasteiger partial charge in [0.25, 0.3) is 0 Å². The van der Waals surface area contributed by atoms with Crippen molar-refractivity contribution in [2.75, 3.05) is 44.6 Å². The van der Waals surface area contributed by atoms with Gasteiger partial charge in [0.05, 0.1) is 17.7 Å². The van der Waals surface area contributed by atoms with E-state index in [9.17, 15) is 31.1 Å². The van der Waals surface area contributed by atoms with E-state index in [1.165, 1.54) is 4.90 Å². The van der Waals surface area contributed by atoms with Crippen molar-refractivity contribution in [1.29, 1.82) is 0 Å². The van der Waals surface area contributed by atoms with Gasteiger partial charge in [-0.2, -0.15) is 26.3 Å². The first kappa shape index (κ1) is 28.3. The van der Waals surface area contributed by atoms with Gasteiger partial charge in [-0.1, -0.05) is 11.6 Å². The van der Waals surface area contributed by atoms with Crippen molar-refractivity contribution < 1.29 is 35.6 Å². The molecule has 40 heavy (non-hydrogen) atoms. The molecule has 6 nitrogen and oxygen atoms in total. The van der Waals surface area contributed by atoms with Crippen molar-refractivity contribution >= 4 is 23.3 Å². The number of piperazine rings is 1. The number of alkyl halides is 6. The monoisotopic (exact) mass is 586 g/mol. The highest BCUT2D eigenvalue weighted by Crippen LogP contribution is 2.37. The second kappa shape index (κ2) is 11.0. The lowest BCUT2D eigenvalue weighted by Crippen LogP contribution is -2.64. The second-order valence-corrected chi connectivity index (χ2v) is 10.3. The number of rotatable bonds is 5. The SMILES string of the molecule is O=C(Nc1cc(C(F)(F)F)cc(C(F)(F)F)c1)N1CC(N2CCN(Cc3ccc(-c4ccc(Cl)cc4)o3)CC2)C1. The molecule has 0 radical (unpaired) electrons. The summed E-state index contributed by atoms with van der Waals surface area (Å²) < 4.78 is 84.5. The Balaban J connectivity index is 1.10. The summed E-state index contributed by atoms with van der Waals surface area (Å²) in [7, 11) is 0. The van der Waals surface area contributed by atoms with Gasteiger partial charge < -0.3 is 14.6 Å². The van der Waals surface area contributed by atoms with Crippen molar-refractivity contribution in [2.24, 2.45) is 0 Å². The number of benzene rings is 2. The highest BCUT2D eigenvalue weighted by Gasteiger charge is 2.39. The predicted octanol–water partition coefficient (Wildman–Crippen LogP) is 6.67. The Morgan fingerprint density at radius 1 is 0.875 bits per heavy atom. The van der Waals surface area contributed by atoms with Gasteiger partial charge >= 0.3 is 18.4 Å². The number of hydrogen-bond donors (Lipinski definition) is 1. The number of furan rings is 1. The van der Waals surface area contributed by atoms with Crippen LogP contribution in [0.4, 0.5) is 36.8 Å². The number of hydrogen-bond acceptors (Lipinski definition) is 4. The van der Waals surface area contributed by atoms with Crippen molar-refractivity contribution in [1.82, 2.24) is 14.7 Å². The van der Waals surface area contributed by atoms with Crippen molar-refractivity contribution in [2.45, 2.75) is 24.9 Å². The summed E-state index contributed by atoms with van der Waals surface area (Å²) in [5.41, 5.74) is -2.57. The summed E-state index contributed by atoms with van der Waals surface area (Å²) in [4.78, 5) is 18.4. The van der Waals surface area contributed by atoms with Crippen LogP contribution < -0.4 is 5.32 Å². The fourth-order valence-corrected chi connectivity index (χ4v) is 4.95. The van der Waals surface area contributed by atoms with Crippen LogP contribution >= 0.6 is 11.6 Å². The molecule has 0 saturated carbocycles. The molecule has 0 unspecified atom stereocenters. The van der Waals surface area contributed by atoms with Gasteiger partial charge in [-0.3, -0.25) is 9.80 Å². The Hall–Kier alpha value is -3.22. The average Bonchev–Trinajstić information content (AvgIpc) is 3.32. The number of urea groups is 1. The van der Waals surface area contributed by atoms with E-state index in [-0.39, 0.29) is 12.1 Å². The van der Waals surface area contributed by atoms with Crippen LogP contribution in [-0.4, -0.2) is 66.0 Å². The molecule has 2 aliphatic rings. The topological polar surface area (TPSA) is 52.0 Å². The van der Waals surface area contributed by atoms with E-state index < -0.39 is 35.2 Å². The molecule has 2 aliphatic heterocycles. The number of anilines is 1. The standard InChI is InChI=1S/C27H25ClF6N4O2/c28-20-3-1-17(2-4-20)24-6-5-23(40-24)16-36-7-9-37(10-8-36)22-14-38(15-22)25(39)35-21-12-18(26(29,30)31)11-19(13-21)27(32,33)34/h1-6,11-13,22H,7-10,14-16H2,(H,35,39). The Labute approximate surface area is 231 Å². The van der Waals surface area contributed by atoms with Crippen LogP contribution in [0.1, 0.15) is 16.9 Å². The Bertz CT molecular complexity index is 1310. The van der Waals surface area contributed by atoms with E-state index in [2.05, 4.69) is 15.1 Å². The number of halogens is 7. The van der Waals surface area contributed by atoms with Crippen LogP contribution in [0, 0.1) is 0 Å². The smallest absolute Gasteiger partial charge is 0.416 e. The van der Waals surface area contributed by atoms with Gasteiger partial charge in [0.2, 0.25) is 0 Å². The number of carbonyl (C=O) groups excluding carboxylic acids is 1. The maximum atomic E-state index is 13.1. The second-order valence-electron chi connectivity index (χ2n) is 9.87. The molecule has 214 valence electrons. The Kier molecular flexibility index (Phi) is 7.77. The minimum absolute atomic E-state index is 0.0272. The molecule has 1 N–H and O–H groups in total. The third kappa shape index (κ3) is 6.56. The lowest BCUT2D eigenvalue weighted by atomic mass is 10.1. The molecule has 0 spiro atoms. The molecule has 2 amide bonds. The molecule has 2 aromatic carbocycles. The number of carbonyl (C=O) groups is 1. The third-order valence-corrected chi connectivity index (χ3v) is 7.33. The molecular weight excluding hydrogens is 562 g/mol. The molecule has 3 heterocycles. The lowest BCUT2D eigenvalue weighted by molar-refractivity contribution is -0.143. The quantitative estimate of drug-likeness (QED) is 0.339. The largest absolute Gasteiger partial charge is 0.460 e. The zero-order valence-corrected chi connectivity index (χ0v) is 21.8. The fourth-order valence-electron chi connectivity index (χ4n) is 4.82. The zero-order chi connectivity index (χ0) is 28.7. The molecule has 0 bridgehead atoms. The maximum Gasteiger partial charge on any atom is 0.416 e. The number of nitrogens with zero attached hydrogens (tertiary/aromatic N) is 3. The molecule has 5 rings (SSSR count). The fraction of sp³-hybridized carbons (Fsp3) is 0.370. The molecule has 2 saturated heterocycles. The molecule has 0 atom stereocenters. The van der Waals surface area contributed by atoms with E-state index >= 15 is 0 Å². The van der Waals surface area contributed by atoms with Crippen molar-refractivity contribution in [3.63, 3.8) is 0 Å². The predicted molar refractivity (Wildman–Crippen MR) is 137 cm³/mol. The summed E-state index contributed by atoms with van der Waals surface area (Å²) in [6.07, 6.45) is -9.97. The molecule has 3 aromatic rings. The van der Waals surface area contributed by atoms with Gasteiger partial charge in [0, 0.05) is 61.6 Å². The Morgan fingerprint density at radius 2 is 1.48 bits per heavy atom. The third-order valence-electron chi connectivity index (χ3n) is 7.08. The van der Waals surface area contributed by atoms with Crippen LogP contribution in [0.15, 0.2) is 59.0 Å². The van der Waals surface area contributed by atoms with E-state index in [0.29, 0.717) is 36.8 Å². The highest BCUT2D eigenvalue weighted by molar-refractivity contribution is 6.30. The summed E-state index contributed by atoms with van der Waals surface area (Å²) in [6, 6.07) is 11.6. The summed E-state index contributed by atoms with van der Waals surface area (Å²) >= 11 is 5.94. The van der Waals surface area contributed by atoms with Gasteiger partial charge in [-0.05, 0) is 54.6 Å². The van der Waals surface area contributed by atoms with Crippen LogP contribution in [0.25, 0.3) is 11.3 Å². The normalized spacial score (nSPS) is 17.6. The molecule has 2 fully saturated rings. The van der Waals surface area contributed by atoms with E-state index in [1.807, 2.05) is 24.3 Å². The highest BCUT2D eigenvalue weighted by atomic mass is 35.5. The number of likely N-dealkylation sites (tertiary alicyclic amines) is 1. The average molecular weight is 587 g/mol. The van der Waals surface area contributed by atoms with E-state index in [4.69, 9.17) is 16.0 Å². The lowest BCUT2D eigenvalue weighted by Gasteiger charge is -2.47. The van der Waals surface area contributed by atoms with E-state index in [0.717, 1.165) is 43.3 Å². The first-order valence-electron chi connectivity index (χ1n) is 12.5.